The second-order valence-electron chi connectivity index (χ2n) is 4.24. The van der Waals surface area contributed by atoms with Gasteiger partial charge in [0, 0.05) is 11.9 Å². The molecule has 20 heavy (non-hydrogen) atoms. The van der Waals surface area contributed by atoms with Gasteiger partial charge in [0.2, 0.25) is 5.82 Å². The average Bonchev–Trinajstić information content (AvgIpc) is 2.44. The van der Waals surface area contributed by atoms with Crippen LogP contribution in [-0.4, -0.2) is 22.9 Å². The lowest BCUT2D eigenvalue weighted by molar-refractivity contribution is 0.0947. The van der Waals surface area contributed by atoms with Gasteiger partial charge in [0.1, 0.15) is 0 Å². The summed E-state index contributed by atoms with van der Waals surface area (Å²) in [7, 11) is 0. The predicted molar refractivity (Wildman–Crippen MR) is 72.6 cm³/mol. The van der Waals surface area contributed by atoms with Gasteiger partial charge in [-0.1, -0.05) is 28.8 Å². The van der Waals surface area contributed by atoms with Gasteiger partial charge in [-0.2, -0.15) is 4.39 Å². The second kappa shape index (κ2) is 8.14. The molecule has 1 aromatic rings. The van der Waals surface area contributed by atoms with Crippen LogP contribution in [0.15, 0.2) is 6.07 Å². The molecule has 0 atom stereocenters. The molecule has 0 saturated heterocycles. The zero-order valence-corrected chi connectivity index (χ0v) is 12.3. The maximum atomic E-state index is 13.4. The molecule has 0 unspecified atom stereocenters. The van der Waals surface area contributed by atoms with E-state index in [1.807, 2.05) is 0 Å². The highest BCUT2D eigenvalue weighted by Gasteiger charge is 2.22. The standard InChI is InChI=1S/C13H15BrF3NO2/c14-5-3-1-2-4-6-18-13(20)8-7-9(15)11(17)12(19)10(8)16/h7,19H,1-6H2,(H,18,20). The fourth-order valence-electron chi connectivity index (χ4n) is 1.63. The molecule has 1 amide bonds. The number of halogens is 4. The molecule has 0 bridgehead atoms. The maximum Gasteiger partial charge on any atom is 0.254 e. The first-order valence-corrected chi connectivity index (χ1v) is 7.31. The minimum absolute atomic E-state index is 0.306. The van der Waals surface area contributed by atoms with Crippen LogP contribution in [0.1, 0.15) is 36.0 Å². The van der Waals surface area contributed by atoms with Crippen molar-refractivity contribution < 1.29 is 23.1 Å². The largest absolute Gasteiger partial charge is 0.503 e. The quantitative estimate of drug-likeness (QED) is 0.447. The summed E-state index contributed by atoms with van der Waals surface area (Å²) in [5.41, 5.74) is -0.707. The molecule has 2 N–H and O–H groups in total. The van der Waals surface area contributed by atoms with E-state index in [0.717, 1.165) is 24.6 Å². The van der Waals surface area contributed by atoms with Gasteiger partial charge in [0.15, 0.2) is 17.4 Å². The molecule has 0 heterocycles. The zero-order valence-electron chi connectivity index (χ0n) is 10.7. The summed E-state index contributed by atoms with van der Waals surface area (Å²) >= 11 is 3.30. The van der Waals surface area contributed by atoms with Crippen LogP contribution in [0.4, 0.5) is 13.2 Å². The van der Waals surface area contributed by atoms with E-state index in [1.165, 1.54) is 0 Å². The van der Waals surface area contributed by atoms with Crippen molar-refractivity contribution in [1.29, 1.82) is 0 Å². The SMILES string of the molecule is O=C(NCCCCCCBr)c1cc(F)c(F)c(O)c1F. The van der Waals surface area contributed by atoms with Crippen molar-refractivity contribution in [2.75, 3.05) is 11.9 Å². The number of carbonyl (C=O) groups excluding carboxylic acids is 1. The highest BCUT2D eigenvalue weighted by atomic mass is 79.9. The molecule has 3 nitrogen and oxygen atoms in total. The minimum atomic E-state index is -1.70. The Morgan fingerprint density at radius 2 is 1.80 bits per heavy atom. The molecular formula is C13H15BrF3NO2. The summed E-state index contributed by atoms with van der Waals surface area (Å²) < 4.78 is 39.3. The Morgan fingerprint density at radius 3 is 2.45 bits per heavy atom. The lowest BCUT2D eigenvalue weighted by Gasteiger charge is -2.08. The lowest BCUT2D eigenvalue weighted by Crippen LogP contribution is -2.25. The van der Waals surface area contributed by atoms with Gasteiger partial charge < -0.3 is 10.4 Å². The van der Waals surface area contributed by atoms with E-state index in [1.54, 1.807) is 0 Å². The predicted octanol–water partition coefficient (Wildman–Crippen LogP) is 3.49. The lowest BCUT2D eigenvalue weighted by atomic mass is 10.1. The molecule has 1 aromatic carbocycles. The van der Waals surface area contributed by atoms with Gasteiger partial charge in [-0.25, -0.2) is 8.78 Å². The third-order valence-corrected chi connectivity index (χ3v) is 3.28. The number of benzene rings is 1. The number of unbranched alkanes of at least 4 members (excludes halogenated alkanes) is 3. The summed E-state index contributed by atoms with van der Waals surface area (Å²) in [6.45, 7) is 0.306. The summed E-state index contributed by atoms with van der Waals surface area (Å²) in [6.07, 6.45) is 3.63. The van der Waals surface area contributed by atoms with Gasteiger partial charge in [-0.3, -0.25) is 4.79 Å². The average molecular weight is 354 g/mol. The van der Waals surface area contributed by atoms with Crippen molar-refractivity contribution >= 4 is 21.8 Å². The summed E-state index contributed by atoms with van der Waals surface area (Å²) in [4.78, 5) is 11.6. The highest BCUT2D eigenvalue weighted by molar-refractivity contribution is 9.09. The van der Waals surface area contributed by atoms with E-state index in [-0.39, 0.29) is 0 Å². The van der Waals surface area contributed by atoms with Crippen molar-refractivity contribution in [3.63, 3.8) is 0 Å². The molecule has 1 rings (SSSR count). The van der Waals surface area contributed by atoms with Gasteiger partial charge in [-0.05, 0) is 18.9 Å². The van der Waals surface area contributed by atoms with Gasteiger partial charge in [0.25, 0.3) is 5.91 Å². The Bertz CT molecular complexity index is 483. The highest BCUT2D eigenvalue weighted by Crippen LogP contribution is 2.25. The van der Waals surface area contributed by atoms with E-state index in [4.69, 9.17) is 5.11 Å². The fraction of sp³-hybridized carbons (Fsp3) is 0.462. The molecule has 0 radical (unpaired) electrons. The molecule has 0 saturated carbocycles. The van der Waals surface area contributed by atoms with Crippen LogP contribution in [0.5, 0.6) is 5.75 Å². The minimum Gasteiger partial charge on any atom is -0.503 e. The van der Waals surface area contributed by atoms with E-state index in [0.29, 0.717) is 19.0 Å². The Balaban J connectivity index is 2.56. The fourth-order valence-corrected chi connectivity index (χ4v) is 2.02. The first-order valence-electron chi connectivity index (χ1n) is 6.19. The smallest absolute Gasteiger partial charge is 0.254 e. The van der Waals surface area contributed by atoms with E-state index in [2.05, 4.69) is 21.2 Å². The Morgan fingerprint density at radius 1 is 1.15 bits per heavy atom. The van der Waals surface area contributed by atoms with Crippen LogP contribution in [0, 0.1) is 17.5 Å². The first-order chi connectivity index (χ1) is 9.49. The second-order valence-corrected chi connectivity index (χ2v) is 5.03. The Kier molecular flexibility index (Phi) is 6.84. The van der Waals surface area contributed by atoms with Gasteiger partial charge in [-0.15, -0.1) is 0 Å². The van der Waals surface area contributed by atoms with E-state index >= 15 is 0 Å². The summed E-state index contributed by atoms with van der Waals surface area (Å²) in [6, 6.07) is 0.435. The summed E-state index contributed by atoms with van der Waals surface area (Å²) in [5, 5.41) is 12.3. The number of amides is 1. The molecule has 0 aromatic heterocycles. The van der Waals surface area contributed by atoms with E-state index in [9.17, 15) is 18.0 Å². The maximum absolute atomic E-state index is 13.4. The van der Waals surface area contributed by atoms with Gasteiger partial charge >= 0.3 is 0 Å². The van der Waals surface area contributed by atoms with E-state index < -0.39 is 34.7 Å². The van der Waals surface area contributed by atoms with Gasteiger partial charge in [0.05, 0.1) is 5.56 Å². The van der Waals surface area contributed by atoms with Crippen molar-refractivity contribution in [1.82, 2.24) is 5.32 Å². The molecule has 112 valence electrons. The van der Waals surface area contributed by atoms with Crippen LogP contribution in [0.25, 0.3) is 0 Å². The third kappa shape index (κ3) is 4.40. The van der Waals surface area contributed by atoms with Crippen LogP contribution in [0.2, 0.25) is 0 Å². The Labute approximate surface area is 123 Å². The number of hydrogen-bond donors (Lipinski definition) is 2. The van der Waals surface area contributed by atoms with Crippen LogP contribution in [-0.2, 0) is 0 Å². The van der Waals surface area contributed by atoms with Crippen molar-refractivity contribution in [2.45, 2.75) is 25.7 Å². The van der Waals surface area contributed by atoms with Crippen LogP contribution in [0.3, 0.4) is 0 Å². The topological polar surface area (TPSA) is 49.3 Å². The molecule has 0 fully saturated rings. The number of nitrogens with one attached hydrogen (secondary N) is 1. The Hall–Kier alpha value is -1.24. The van der Waals surface area contributed by atoms with Crippen LogP contribution >= 0.6 is 15.9 Å². The number of carbonyl (C=O) groups is 1. The number of rotatable bonds is 7. The number of phenols is 1. The number of phenolic OH excluding ortho intramolecular Hbond substituents is 1. The molecule has 0 aliphatic carbocycles. The molecule has 0 aliphatic heterocycles. The van der Waals surface area contributed by atoms with Crippen molar-refractivity contribution in [3.05, 3.63) is 29.1 Å². The molecular weight excluding hydrogens is 339 g/mol. The normalized spacial score (nSPS) is 10.6. The molecule has 0 spiro atoms. The zero-order chi connectivity index (χ0) is 15.1. The number of alkyl halides is 1. The third-order valence-electron chi connectivity index (χ3n) is 2.72. The molecule has 7 heteroatoms. The number of hydrogen-bond acceptors (Lipinski definition) is 2. The van der Waals surface area contributed by atoms with Crippen LogP contribution < -0.4 is 5.32 Å². The number of aromatic hydroxyl groups is 1. The van der Waals surface area contributed by atoms with Crippen molar-refractivity contribution in [2.24, 2.45) is 0 Å². The summed E-state index contributed by atoms with van der Waals surface area (Å²) in [5.74, 6) is -6.98. The van der Waals surface area contributed by atoms with Crippen molar-refractivity contribution in [3.8, 4) is 5.75 Å². The molecule has 0 aliphatic rings. The first kappa shape index (κ1) is 16.8. The monoisotopic (exact) mass is 353 g/mol.